The number of oxazole rings is 1. The molecule has 1 aromatic carbocycles. The molecular formula is C14H15N5O4S. The summed E-state index contributed by atoms with van der Waals surface area (Å²) in [6.07, 6.45) is 2.76. The number of sulfonamides is 1. The van der Waals surface area contributed by atoms with Crippen LogP contribution in [0.2, 0.25) is 0 Å². The Balaban J connectivity index is 1.95. The van der Waals surface area contributed by atoms with Crippen LogP contribution in [0.15, 0.2) is 44.7 Å². The lowest BCUT2D eigenvalue weighted by atomic mass is 10.3. The summed E-state index contributed by atoms with van der Waals surface area (Å²) in [4.78, 5) is 21.3. The number of hydrogen-bond donors (Lipinski definition) is 1. The van der Waals surface area contributed by atoms with Gasteiger partial charge in [0.2, 0.25) is 5.95 Å². The number of aromatic nitrogens is 3. The summed E-state index contributed by atoms with van der Waals surface area (Å²) >= 11 is 0. The van der Waals surface area contributed by atoms with Gasteiger partial charge >= 0.3 is 5.76 Å². The Labute approximate surface area is 137 Å². The molecule has 2 heterocycles. The average molecular weight is 349 g/mol. The normalized spacial score (nSPS) is 11.6. The molecule has 1 N–H and O–H groups in total. The molecule has 0 saturated heterocycles. The second-order valence-electron chi connectivity index (χ2n) is 5.33. The molecule has 0 amide bonds. The molecule has 0 radical (unpaired) electrons. The maximum Gasteiger partial charge on any atom is 0.419 e. The van der Waals surface area contributed by atoms with Gasteiger partial charge in [0.05, 0.1) is 28.5 Å². The molecule has 0 bridgehead atoms. The highest BCUT2D eigenvalue weighted by atomic mass is 32.2. The summed E-state index contributed by atoms with van der Waals surface area (Å²) in [6, 6.07) is 4.18. The SMILES string of the molecule is CN(C)c1ncc(NS(=O)(=O)c2ccc3oc(=O)n(C)c3c2)cn1. The molecule has 0 saturated carbocycles. The first-order valence-corrected chi connectivity index (χ1v) is 8.38. The predicted molar refractivity (Wildman–Crippen MR) is 88.6 cm³/mol. The third kappa shape index (κ3) is 2.83. The number of hydrogen-bond acceptors (Lipinski definition) is 7. The van der Waals surface area contributed by atoms with E-state index in [1.807, 2.05) is 0 Å². The van der Waals surface area contributed by atoms with Crippen LogP contribution in [0.25, 0.3) is 11.1 Å². The second kappa shape index (κ2) is 5.64. The summed E-state index contributed by atoms with van der Waals surface area (Å²) in [5, 5.41) is 0. The minimum atomic E-state index is -3.85. The average Bonchev–Trinajstić information content (AvgIpc) is 2.82. The molecule has 0 spiro atoms. The van der Waals surface area contributed by atoms with Crippen molar-refractivity contribution in [3.63, 3.8) is 0 Å². The fourth-order valence-electron chi connectivity index (χ4n) is 2.09. The van der Waals surface area contributed by atoms with E-state index in [0.29, 0.717) is 17.0 Å². The number of nitrogens with zero attached hydrogens (tertiary/aromatic N) is 4. The van der Waals surface area contributed by atoms with E-state index in [1.54, 1.807) is 19.0 Å². The van der Waals surface area contributed by atoms with E-state index in [4.69, 9.17) is 4.42 Å². The van der Waals surface area contributed by atoms with Gasteiger partial charge in [0.15, 0.2) is 5.58 Å². The summed E-state index contributed by atoms with van der Waals surface area (Å²) in [6.45, 7) is 0. The number of aryl methyl sites for hydroxylation is 1. The van der Waals surface area contributed by atoms with Crippen LogP contribution in [-0.2, 0) is 17.1 Å². The topological polar surface area (TPSA) is 110 Å². The molecule has 10 heteroatoms. The third-order valence-electron chi connectivity index (χ3n) is 3.36. The van der Waals surface area contributed by atoms with Gasteiger partial charge in [-0.05, 0) is 18.2 Å². The first-order valence-electron chi connectivity index (χ1n) is 6.90. The fourth-order valence-corrected chi connectivity index (χ4v) is 3.14. The number of benzene rings is 1. The zero-order valence-electron chi connectivity index (χ0n) is 13.2. The van der Waals surface area contributed by atoms with Crippen molar-refractivity contribution in [3.8, 4) is 0 Å². The lowest BCUT2D eigenvalue weighted by Gasteiger charge is -2.11. The maximum absolute atomic E-state index is 12.5. The van der Waals surface area contributed by atoms with Gasteiger partial charge in [-0.1, -0.05) is 0 Å². The van der Waals surface area contributed by atoms with E-state index in [1.165, 1.54) is 42.2 Å². The van der Waals surface area contributed by atoms with Crippen LogP contribution in [0.3, 0.4) is 0 Å². The van der Waals surface area contributed by atoms with Gasteiger partial charge in [0.1, 0.15) is 0 Å². The molecule has 3 aromatic rings. The van der Waals surface area contributed by atoms with Crippen molar-refractivity contribution >= 4 is 32.8 Å². The highest BCUT2D eigenvalue weighted by Gasteiger charge is 2.17. The zero-order chi connectivity index (χ0) is 17.5. The van der Waals surface area contributed by atoms with Crippen molar-refractivity contribution in [2.45, 2.75) is 4.90 Å². The Morgan fingerprint density at radius 1 is 1.21 bits per heavy atom. The van der Waals surface area contributed by atoms with Crippen LogP contribution < -0.4 is 15.4 Å². The van der Waals surface area contributed by atoms with Gasteiger partial charge < -0.3 is 9.32 Å². The van der Waals surface area contributed by atoms with Crippen LogP contribution in [0.4, 0.5) is 11.6 Å². The first kappa shape index (κ1) is 16.0. The van der Waals surface area contributed by atoms with Crippen LogP contribution in [0.1, 0.15) is 0 Å². The van der Waals surface area contributed by atoms with Gasteiger partial charge in [0, 0.05) is 21.1 Å². The van der Waals surface area contributed by atoms with Crippen LogP contribution in [0.5, 0.6) is 0 Å². The van der Waals surface area contributed by atoms with E-state index in [9.17, 15) is 13.2 Å². The standard InChI is InChI=1S/C14H15N5O4S/c1-18(2)13-15-7-9(8-16-13)17-24(21,22)10-4-5-12-11(6-10)19(3)14(20)23-12/h4-8,17H,1-3H3. The van der Waals surface area contributed by atoms with Crippen LogP contribution in [-0.4, -0.2) is 37.0 Å². The lowest BCUT2D eigenvalue weighted by molar-refractivity contribution is 0.528. The van der Waals surface area contributed by atoms with Gasteiger partial charge in [-0.2, -0.15) is 0 Å². The fraction of sp³-hybridized carbons (Fsp3) is 0.214. The van der Waals surface area contributed by atoms with E-state index in [2.05, 4.69) is 14.7 Å². The van der Waals surface area contributed by atoms with E-state index >= 15 is 0 Å². The Bertz CT molecular complexity index is 1050. The Kier molecular flexibility index (Phi) is 3.76. The molecule has 0 aliphatic rings. The number of rotatable bonds is 4. The van der Waals surface area contributed by atoms with E-state index in [0.717, 1.165) is 0 Å². The highest BCUT2D eigenvalue weighted by molar-refractivity contribution is 7.92. The Hall–Kier alpha value is -2.88. The van der Waals surface area contributed by atoms with Crippen molar-refractivity contribution in [1.82, 2.24) is 14.5 Å². The van der Waals surface area contributed by atoms with Gasteiger partial charge in [0.25, 0.3) is 10.0 Å². The minimum absolute atomic E-state index is 0.00286. The van der Waals surface area contributed by atoms with Gasteiger partial charge in [-0.3, -0.25) is 9.29 Å². The lowest BCUT2D eigenvalue weighted by Crippen LogP contribution is -2.15. The quantitative estimate of drug-likeness (QED) is 0.741. The molecular weight excluding hydrogens is 334 g/mol. The monoisotopic (exact) mass is 349 g/mol. The summed E-state index contributed by atoms with van der Waals surface area (Å²) in [5.74, 6) is -0.0899. The number of nitrogens with one attached hydrogen (secondary N) is 1. The summed E-state index contributed by atoms with van der Waals surface area (Å²) in [5.41, 5.74) is 0.948. The third-order valence-corrected chi connectivity index (χ3v) is 4.74. The predicted octanol–water partition coefficient (Wildman–Crippen LogP) is 0.788. The molecule has 0 aliphatic carbocycles. The van der Waals surface area contributed by atoms with Crippen molar-refractivity contribution < 1.29 is 12.8 Å². The zero-order valence-corrected chi connectivity index (χ0v) is 14.0. The Morgan fingerprint density at radius 3 is 2.50 bits per heavy atom. The molecule has 126 valence electrons. The molecule has 9 nitrogen and oxygen atoms in total. The molecule has 0 atom stereocenters. The number of anilines is 2. The molecule has 0 fully saturated rings. The van der Waals surface area contributed by atoms with Crippen LogP contribution >= 0.6 is 0 Å². The van der Waals surface area contributed by atoms with Crippen molar-refractivity contribution in [1.29, 1.82) is 0 Å². The molecule has 0 aliphatic heterocycles. The van der Waals surface area contributed by atoms with Crippen molar-refractivity contribution in [2.75, 3.05) is 23.7 Å². The largest absolute Gasteiger partial charge is 0.419 e. The molecule has 3 rings (SSSR count). The van der Waals surface area contributed by atoms with Crippen molar-refractivity contribution in [3.05, 3.63) is 41.1 Å². The summed E-state index contributed by atoms with van der Waals surface area (Å²) in [7, 11) is 1.22. The molecule has 2 aromatic heterocycles. The van der Waals surface area contributed by atoms with Crippen molar-refractivity contribution in [2.24, 2.45) is 7.05 Å². The molecule has 0 unspecified atom stereocenters. The van der Waals surface area contributed by atoms with Crippen LogP contribution in [0, 0.1) is 0 Å². The van der Waals surface area contributed by atoms with E-state index < -0.39 is 15.8 Å². The van der Waals surface area contributed by atoms with E-state index in [-0.39, 0.29) is 10.6 Å². The molecule has 24 heavy (non-hydrogen) atoms. The summed E-state index contributed by atoms with van der Waals surface area (Å²) < 4.78 is 33.6. The van der Waals surface area contributed by atoms with Gasteiger partial charge in [-0.15, -0.1) is 0 Å². The smallest absolute Gasteiger partial charge is 0.408 e. The Morgan fingerprint density at radius 2 is 1.88 bits per heavy atom. The number of fused-ring (bicyclic) bond motifs is 1. The maximum atomic E-state index is 12.5. The highest BCUT2D eigenvalue weighted by Crippen LogP contribution is 2.20. The second-order valence-corrected chi connectivity index (χ2v) is 7.01. The van der Waals surface area contributed by atoms with Gasteiger partial charge in [-0.25, -0.2) is 23.2 Å². The first-order chi connectivity index (χ1) is 11.3. The minimum Gasteiger partial charge on any atom is -0.408 e.